The Labute approximate surface area is 142 Å². The Bertz CT molecular complexity index is 802. The van der Waals surface area contributed by atoms with Crippen molar-refractivity contribution in [3.8, 4) is 6.07 Å². The molecular formula is C15H10Cl2N4O2. The van der Waals surface area contributed by atoms with E-state index in [2.05, 4.69) is 16.2 Å². The molecule has 6 nitrogen and oxygen atoms in total. The van der Waals surface area contributed by atoms with E-state index < -0.39 is 11.9 Å². The Kier molecular flexibility index (Phi) is 5.41. The number of hydrogen-bond acceptors (Lipinski definition) is 3. The first-order chi connectivity index (χ1) is 11.0. The minimum absolute atomic E-state index is 0.131. The highest BCUT2D eigenvalue weighted by molar-refractivity contribution is 6.35. The van der Waals surface area contributed by atoms with E-state index >= 15 is 0 Å². The van der Waals surface area contributed by atoms with E-state index in [1.165, 1.54) is 18.2 Å². The maximum Gasteiger partial charge on any atom is 0.337 e. The average Bonchev–Trinajstić information content (AvgIpc) is 2.55. The summed E-state index contributed by atoms with van der Waals surface area (Å²) in [5.41, 5.74) is 5.33. The minimum atomic E-state index is -0.674. The second-order valence-corrected chi connectivity index (χ2v) is 5.19. The van der Waals surface area contributed by atoms with Gasteiger partial charge in [-0.05, 0) is 36.4 Å². The van der Waals surface area contributed by atoms with Gasteiger partial charge in [-0.2, -0.15) is 5.26 Å². The number of carbonyl (C=O) groups is 2. The van der Waals surface area contributed by atoms with Crippen LogP contribution in [0.2, 0.25) is 10.0 Å². The van der Waals surface area contributed by atoms with E-state index in [0.717, 1.165) is 0 Å². The van der Waals surface area contributed by atoms with Gasteiger partial charge in [-0.1, -0.05) is 29.3 Å². The quantitative estimate of drug-likeness (QED) is 0.726. The van der Waals surface area contributed by atoms with Gasteiger partial charge in [0.15, 0.2) is 0 Å². The van der Waals surface area contributed by atoms with Gasteiger partial charge in [-0.25, -0.2) is 10.2 Å². The summed E-state index contributed by atoms with van der Waals surface area (Å²) >= 11 is 11.7. The molecule has 2 aromatic carbocycles. The van der Waals surface area contributed by atoms with Gasteiger partial charge in [-0.15, -0.1) is 0 Å². The topological polar surface area (TPSA) is 94.0 Å². The van der Waals surface area contributed by atoms with Crippen LogP contribution >= 0.6 is 23.2 Å². The molecule has 3 N–H and O–H groups in total. The summed E-state index contributed by atoms with van der Waals surface area (Å²) in [7, 11) is 0. The normalized spacial score (nSPS) is 9.61. The van der Waals surface area contributed by atoms with Crippen molar-refractivity contribution in [3.63, 3.8) is 0 Å². The van der Waals surface area contributed by atoms with E-state index in [0.29, 0.717) is 16.3 Å². The molecule has 2 aromatic rings. The van der Waals surface area contributed by atoms with Crippen LogP contribution in [0.15, 0.2) is 42.5 Å². The van der Waals surface area contributed by atoms with Crippen LogP contribution in [0.1, 0.15) is 15.9 Å². The van der Waals surface area contributed by atoms with Crippen LogP contribution in [0, 0.1) is 11.3 Å². The van der Waals surface area contributed by atoms with Crippen LogP contribution in [-0.4, -0.2) is 11.9 Å². The number of carbonyl (C=O) groups excluding carboxylic acids is 2. The summed E-state index contributed by atoms with van der Waals surface area (Å²) in [5.74, 6) is -0.613. The molecule has 8 heteroatoms. The van der Waals surface area contributed by atoms with Gasteiger partial charge >= 0.3 is 6.03 Å². The molecule has 0 heterocycles. The second kappa shape index (κ2) is 7.49. The van der Waals surface area contributed by atoms with Crippen LogP contribution < -0.4 is 16.2 Å². The fourth-order valence-electron chi connectivity index (χ4n) is 1.68. The molecule has 0 bridgehead atoms. The zero-order chi connectivity index (χ0) is 16.8. The number of nitrogens with one attached hydrogen (secondary N) is 3. The first-order valence-corrected chi connectivity index (χ1v) is 7.08. The lowest BCUT2D eigenvalue weighted by Gasteiger charge is -2.10. The molecule has 0 aliphatic carbocycles. The van der Waals surface area contributed by atoms with Crippen molar-refractivity contribution in [1.82, 2.24) is 10.9 Å². The second-order valence-electron chi connectivity index (χ2n) is 4.35. The van der Waals surface area contributed by atoms with Crippen LogP contribution in [0.4, 0.5) is 10.5 Å². The lowest BCUT2D eigenvalue weighted by molar-refractivity contribution is 0.0938. The number of amides is 3. The molecule has 0 unspecified atom stereocenters. The number of rotatable bonds is 2. The molecule has 0 aliphatic heterocycles. The Morgan fingerprint density at radius 1 is 1.04 bits per heavy atom. The Balaban J connectivity index is 1.95. The summed E-state index contributed by atoms with van der Waals surface area (Å²) in [6, 6.07) is 12.0. The lowest BCUT2D eigenvalue weighted by Crippen LogP contribution is -2.44. The molecule has 0 fully saturated rings. The molecule has 0 radical (unpaired) electrons. The van der Waals surface area contributed by atoms with Crippen LogP contribution in [0.3, 0.4) is 0 Å². The standard InChI is InChI=1S/C15H10Cl2N4O2/c16-10-4-5-13(17)12(7-10)14(22)20-21-15(23)19-11-3-1-2-9(6-11)8-18/h1-7H,(H,20,22)(H2,19,21,23). The number of benzene rings is 2. The maximum atomic E-state index is 11.9. The van der Waals surface area contributed by atoms with Crippen molar-refractivity contribution in [2.75, 3.05) is 5.32 Å². The fraction of sp³-hybridized carbons (Fsp3) is 0. The number of hydrogen-bond donors (Lipinski definition) is 3. The molecule has 0 saturated carbocycles. The van der Waals surface area contributed by atoms with Gasteiger partial charge < -0.3 is 5.32 Å². The Hall–Kier alpha value is -2.75. The molecule has 0 aliphatic rings. The highest BCUT2D eigenvalue weighted by Gasteiger charge is 2.12. The van der Waals surface area contributed by atoms with Gasteiger partial charge in [0, 0.05) is 10.7 Å². The van der Waals surface area contributed by atoms with E-state index in [9.17, 15) is 9.59 Å². The van der Waals surface area contributed by atoms with Gasteiger partial charge in [0.2, 0.25) is 0 Å². The van der Waals surface area contributed by atoms with Crippen LogP contribution in [0.5, 0.6) is 0 Å². The highest BCUT2D eigenvalue weighted by atomic mass is 35.5. The average molecular weight is 349 g/mol. The summed E-state index contributed by atoms with van der Waals surface area (Å²) in [6.45, 7) is 0. The summed E-state index contributed by atoms with van der Waals surface area (Å²) in [5, 5.41) is 11.8. The molecule has 3 amide bonds. The monoisotopic (exact) mass is 348 g/mol. The molecular weight excluding hydrogens is 339 g/mol. The third kappa shape index (κ3) is 4.61. The van der Waals surface area contributed by atoms with Crippen molar-refractivity contribution in [2.45, 2.75) is 0 Å². The first-order valence-electron chi connectivity index (χ1n) is 6.32. The Morgan fingerprint density at radius 3 is 2.57 bits per heavy atom. The van der Waals surface area contributed by atoms with E-state index in [4.69, 9.17) is 28.5 Å². The van der Waals surface area contributed by atoms with Crippen molar-refractivity contribution < 1.29 is 9.59 Å². The Morgan fingerprint density at radius 2 is 1.83 bits per heavy atom. The highest BCUT2D eigenvalue weighted by Crippen LogP contribution is 2.20. The molecule has 0 saturated heterocycles. The molecule has 2 rings (SSSR count). The van der Waals surface area contributed by atoms with Gasteiger partial charge in [0.1, 0.15) is 0 Å². The van der Waals surface area contributed by atoms with Crippen molar-refractivity contribution >= 4 is 40.8 Å². The maximum absolute atomic E-state index is 11.9. The fourth-order valence-corrected chi connectivity index (χ4v) is 2.06. The smallest absolute Gasteiger partial charge is 0.307 e. The molecule has 0 aromatic heterocycles. The predicted octanol–water partition coefficient (Wildman–Crippen LogP) is 3.33. The number of hydrazine groups is 1. The number of nitriles is 1. The van der Waals surface area contributed by atoms with E-state index in [-0.39, 0.29) is 10.6 Å². The van der Waals surface area contributed by atoms with Crippen LogP contribution in [0.25, 0.3) is 0 Å². The lowest BCUT2D eigenvalue weighted by atomic mass is 10.2. The van der Waals surface area contributed by atoms with E-state index in [1.54, 1.807) is 24.3 Å². The predicted molar refractivity (Wildman–Crippen MR) is 87.2 cm³/mol. The molecule has 116 valence electrons. The third-order valence-electron chi connectivity index (χ3n) is 2.71. The number of urea groups is 1. The summed E-state index contributed by atoms with van der Waals surface area (Å²) in [6.07, 6.45) is 0. The third-order valence-corrected chi connectivity index (χ3v) is 3.28. The van der Waals surface area contributed by atoms with Crippen molar-refractivity contribution in [1.29, 1.82) is 5.26 Å². The zero-order valence-corrected chi connectivity index (χ0v) is 13.1. The SMILES string of the molecule is N#Cc1cccc(NC(=O)NNC(=O)c2cc(Cl)ccc2Cl)c1. The molecule has 0 atom stereocenters. The van der Waals surface area contributed by atoms with Gasteiger partial charge in [0.05, 0.1) is 22.2 Å². The minimum Gasteiger partial charge on any atom is -0.307 e. The number of nitrogens with zero attached hydrogens (tertiary/aromatic N) is 1. The van der Waals surface area contributed by atoms with Crippen molar-refractivity contribution in [2.24, 2.45) is 0 Å². The number of anilines is 1. The largest absolute Gasteiger partial charge is 0.337 e. The van der Waals surface area contributed by atoms with Gasteiger partial charge in [0.25, 0.3) is 5.91 Å². The van der Waals surface area contributed by atoms with Crippen molar-refractivity contribution in [3.05, 3.63) is 63.6 Å². The van der Waals surface area contributed by atoms with Crippen LogP contribution in [-0.2, 0) is 0 Å². The molecule has 23 heavy (non-hydrogen) atoms. The molecule has 0 spiro atoms. The summed E-state index contributed by atoms with van der Waals surface area (Å²) in [4.78, 5) is 23.7. The number of halogens is 2. The van der Waals surface area contributed by atoms with Gasteiger partial charge in [-0.3, -0.25) is 10.2 Å². The summed E-state index contributed by atoms with van der Waals surface area (Å²) < 4.78 is 0. The first kappa shape index (κ1) is 16.6. The zero-order valence-electron chi connectivity index (χ0n) is 11.6. The van der Waals surface area contributed by atoms with E-state index in [1.807, 2.05) is 6.07 Å².